The number of amides is 1. The molecule has 3 nitrogen and oxygen atoms in total. The Balaban J connectivity index is 1.97. The van der Waals surface area contributed by atoms with Crippen LogP contribution in [0.15, 0.2) is 36.4 Å². The standard InChI is InChI=1S/C23H26F4N2OS/c1-4-31-28-22-19(26)12-29(23(30)13(2)3)20(22)10-14-6-5-7-16(21(14)27)17-11-15(24)8-9-18(17)25/h5-9,11,13,19-20,22,28H,4,10,12H2,1-3H3/t19-,20-,22-/m0/s1. The van der Waals surface area contributed by atoms with Crippen molar-refractivity contribution in [1.29, 1.82) is 0 Å². The number of likely N-dealkylation sites (tertiary alicyclic amines) is 1. The van der Waals surface area contributed by atoms with Gasteiger partial charge in [-0.25, -0.2) is 17.6 Å². The summed E-state index contributed by atoms with van der Waals surface area (Å²) in [5.74, 6) is -1.94. The summed E-state index contributed by atoms with van der Waals surface area (Å²) in [5, 5.41) is 0. The van der Waals surface area contributed by atoms with E-state index in [4.69, 9.17) is 0 Å². The normalized spacial score (nSPS) is 21.2. The van der Waals surface area contributed by atoms with Gasteiger partial charge in [-0.05, 0) is 30.2 Å². The zero-order valence-corrected chi connectivity index (χ0v) is 18.5. The molecule has 31 heavy (non-hydrogen) atoms. The minimum atomic E-state index is -1.29. The summed E-state index contributed by atoms with van der Waals surface area (Å²) in [6.45, 7) is 5.33. The predicted octanol–water partition coefficient (Wildman–Crippen LogP) is 5.14. The molecule has 0 unspecified atom stereocenters. The van der Waals surface area contributed by atoms with Crippen LogP contribution < -0.4 is 4.72 Å². The lowest BCUT2D eigenvalue weighted by atomic mass is 9.95. The lowest BCUT2D eigenvalue weighted by Gasteiger charge is -2.30. The van der Waals surface area contributed by atoms with Crippen LogP contribution in [0.4, 0.5) is 17.6 Å². The summed E-state index contributed by atoms with van der Waals surface area (Å²) in [5.41, 5.74) is -0.0333. The van der Waals surface area contributed by atoms with Crippen LogP contribution in [0.5, 0.6) is 0 Å². The summed E-state index contributed by atoms with van der Waals surface area (Å²) >= 11 is 1.34. The van der Waals surface area contributed by atoms with E-state index in [0.29, 0.717) is 5.75 Å². The van der Waals surface area contributed by atoms with E-state index in [0.717, 1.165) is 18.2 Å². The molecule has 1 heterocycles. The Kier molecular flexibility index (Phi) is 7.64. The third-order valence-corrected chi connectivity index (χ3v) is 6.17. The number of alkyl halides is 1. The van der Waals surface area contributed by atoms with E-state index in [-0.39, 0.29) is 41.5 Å². The smallest absolute Gasteiger partial charge is 0.225 e. The molecule has 0 aliphatic carbocycles. The molecular formula is C23H26F4N2OS. The number of hydrogen-bond donors (Lipinski definition) is 1. The van der Waals surface area contributed by atoms with Crippen molar-refractivity contribution >= 4 is 17.9 Å². The van der Waals surface area contributed by atoms with Crippen LogP contribution in [0.2, 0.25) is 0 Å². The molecule has 1 fully saturated rings. The van der Waals surface area contributed by atoms with Gasteiger partial charge >= 0.3 is 0 Å². The molecule has 8 heteroatoms. The summed E-state index contributed by atoms with van der Waals surface area (Å²) < 4.78 is 61.1. The van der Waals surface area contributed by atoms with E-state index in [2.05, 4.69) is 4.72 Å². The van der Waals surface area contributed by atoms with Gasteiger partial charge in [-0.1, -0.05) is 50.9 Å². The van der Waals surface area contributed by atoms with Crippen LogP contribution in [0.25, 0.3) is 11.1 Å². The molecule has 1 aliphatic heterocycles. The monoisotopic (exact) mass is 454 g/mol. The number of halogens is 4. The van der Waals surface area contributed by atoms with Gasteiger partial charge in [-0.3, -0.25) is 9.52 Å². The van der Waals surface area contributed by atoms with E-state index >= 15 is 4.39 Å². The fourth-order valence-electron chi connectivity index (χ4n) is 3.90. The number of nitrogens with one attached hydrogen (secondary N) is 1. The van der Waals surface area contributed by atoms with Crippen molar-refractivity contribution in [2.75, 3.05) is 12.3 Å². The third kappa shape index (κ3) is 5.06. The molecular weight excluding hydrogens is 428 g/mol. The first kappa shape index (κ1) is 23.6. The van der Waals surface area contributed by atoms with Gasteiger partial charge in [0.15, 0.2) is 0 Å². The van der Waals surface area contributed by atoms with Crippen molar-refractivity contribution in [2.45, 2.75) is 45.4 Å². The lowest BCUT2D eigenvalue weighted by Crippen LogP contribution is -2.47. The van der Waals surface area contributed by atoms with Gasteiger partial charge in [-0.2, -0.15) is 0 Å². The van der Waals surface area contributed by atoms with Crippen molar-refractivity contribution in [3.63, 3.8) is 0 Å². The molecule has 0 radical (unpaired) electrons. The Bertz CT molecular complexity index is 940. The minimum Gasteiger partial charge on any atom is -0.334 e. The number of carbonyl (C=O) groups is 1. The zero-order valence-electron chi connectivity index (χ0n) is 17.7. The summed E-state index contributed by atoms with van der Waals surface area (Å²) in [7, 11) is 0. The molecule has 1 amide bonds. The maximum absolute atomic E-state index is 15.4. The molecule has 1 N–H and O–H groups in total. The second-order valence-electron chi connectivity index (χ2n) is 7.91. The van der Waals surface area contributed by atoms with E-state index in [1.165, 1.54) is 29.0 Å². The van der Waals surface area contributed by atoms with Gasteiger partial charge < -0.3 is 4.90 Å². The third-order valence-electron chi connectivity index (χ3n) is 5.44. The van der Waals surface area contributed by atoms with Gasteiger partial charge in [-0.15, -0.1) is 0 Å². The van der Waals surface area contributed by atoms with Crippen LogP contribution >= 0.6 is 11.9 Å². The Morgan fingerprint density at radius 3 is 2.61 bits per heavy atom. The summed E-state index contributed by atoms with van der Waals surface area (Å²) in [6, 6.07) is 6.06. The molecule has 0 saturated carbocycles. The largest absolute Gasteiger partial charge is 0.334 e. The van der Waals surface area contributed by atoms with Crippen molar-refractivity contribution < 1.29 is 22.4 Å². The molecule has 168 valence electrons. The minimum absolute atomic E-state index is 0.0530. The molecule has 0 spiro atoms. The molecule has 1 aliphatic rings. The fourth-order valence-corrected chi connectivity index (χ4v) is 4.56. The van der Waals surface area contributed by atoms with Gasteiger partial charge in [0.2, 0.25) is 5.91 Å². The number of benzene rings is 2. The number of rotatable bonds is 7. The highest BCUT2D eigenvalue weighted by atomic mass is 32.2. The molecule has 0 bridgehead atoms. The summed E-state index contributed by atoms with van der Waals surface area (Å²) in [6.07, 6.45) is -1.24. The Hall–Kier alpha value is -2.06. The quantitative estimate of drug-likeness (QED) is 0.464. The molecule has 0 aromatic heterocycles. The Morgan fingerprint density at radius 1 is 1.19 bits per heavy atom. The second-order valence-corrected chi connectivity index (χ2v) is 9.01. The predicted molar refractivity (Wildman–Crippen MR) is 116 cm³/mol. The van der Waals surface area contributed by atoms with Crippen LogP contribution in [-0.2, 0) is 11.2 Å². The second kappa shape index (κ2) is 10.0. The van der Waals surface area contributed by atoms with Crippen LogP contribution in [0.1, 0.15) is 26.3 Å². The van der Waals surface area contributed by atoms with Gasteiger partial charge in [0.25, 0.3) is 0 Å². The molecule has 1 saturated heterocycles. The van der Waals surface area contributed by atoms with Crippen LogP contribution in [0.3, 0.4) is 0 Å². The van der Waals surface area contributed by atoms with E-state index in [1.54, 1.807) is 19.9 Å². The Morgan fingerprint density at radius 2 is 1.94 bits per heavy atom. The van der Waals surface area contributed by atoms with Crippen molar-refractivity contribution in [2.24, 2.45) is 5.92 Å². The summed E-state index contributed by atoms with van der Waals surface area (Å²) in [4.78, 5) is 14.2. The number of nitrogens with zero attached hydrogens (tertiary/aromatic N) is 1. The molecule has 2 aromatic rings. The Labute approximate surface area is 184 Å². The molecule has 2 aromatic carbocycles. The van der Waals surface area contributed by atoms with Crippen molar-refractivity contribution in [1.82, 2.24) is 9.62 Å². The fraction of sp³-hybridized carbons (Fsp3) is 0.435. The first-order valence-electron chi connectivity index (χ1n) is 10.3. The average Bonchev–Trinajstić information content (AvgIpc) is 3.04. The first-order chi connectivity index (χ1) is 14.7. The zero-order chi connectivity index (χ0) is 22.7. The highest BCUT2D eigenvalue weighted by molar-refractivity contribution is 7.97. The molecule has 3 rings (SSSR count). The lowest BCUT2D eigenvalue weighted by molar-refractivity contribution is -0.135. The van der Waals surface area contributed by atoms with Crippen LogP contribution in [0, 0.1) is 23.4 Å². The van der Waals surface area contributed by atoms with Gasteiger partial charge in [0.05, 0.1) is 18.6 Å². The van der Waals surface area contributed by atoms with Crippen molar-refractivity contribution in [3.8, 4) is 11.1 Å². The first-order valence-corrected chi connectivity index (χ1v) is 11.3. The van der Waals surface area contributed by atoms with E-state index < -0.39 is 35.7 Å². The van der Waals surface area contributed by atoms with Gasteiger partial charge in [0.1, 0.15) is 23.6 Å². The average molecular weight is 455 g/mol. The maximum atomic E-state index is 15.4. The topological polar surface area (TPSA) is 32.3 Å². The highest BCUT2D eigenvalue weighted by Crippen LogP contribution is 2.32. The van der Waals surface area contributed by atoms with E-state index in [1.807, 2.05) is 6.92 Å². The highest BCUT2D eigenvalue weighted by Gasteiger charge is 2.45. The van der Waals surface area contributed by atoms with Crippen LogP contribution in [-0.4, -0.2) is 41.4 Å². The number of carbonyl (C=O) groups excluding carboxylic acids is 1. The number of hydrogen-bond acceptors (Lipinski definition) is 3. The molecule has 3 atom stereocenters. The van der Waals surface area contributed by atoms with Crippen molar-refractivity contribution in [3.05, 3.63) is 59.4 Å². The maximum Gasteiger partial charge on any atom is 0.225 e. The SMILES string of the molecule is CCSN[C@H]1[C@@H](F)CN(C(=O)C(C)C)[C@H]1Cc1cccc(-c2cc(F)ccc2F)c1F. The van der Waals surface area contributed by atoms with E-state index in [9.17, 15) is 18.0 Å². The van der Waals surface area contributed by atoms with Gasteiger partial charge in [0, 0.05) is 22.8 Å².